The molecular weight excluding hydrogens is 430 g/mol. The number of piperidine rings is 1. The highest BCUT2D eigenvalue weighted by Gasteiger charge is 2.47. The fourth-order valence-electron chi connectivity index (χ4n) is 5.98. The van der Waals surface area contributed by atoms with Gasteiger partial charge in [0.1, 0.15) is 5.82 Å². The molecule has 4 heterocycles. The third kappa shape index (κ3) is 3.30. The van der Waals surface area contributed by atoms with Crippen molar-refractivity contribution in [2.45, 2.75) is 73.4 Å². The van der Waals surface area contributed by atoms with Crippen molar-refractivity contribution < 1.29 is 9.32 Å². The normalized spacial score (nSPS) is 30.3. The van der Waals surface area contributed by atoms with Gasteiger partial charge in [0.25, 0.3) is 0 Å². The lowest BCUT2D eigenvalue weighted by atomic mass is 9.71. The minimum Gasteiger partial charge on any atom is -0.394 e. The third-order valence-corrected chi connectivity index (χ3v) is 9.58. The summed E-state index contributed by atoms with van der Waals surface area (Å²) in [5.74, 6) is 2.24. The molecule has 0 radical (unpaired) electrons. The largest absolute Gasteiger partial charge is 0.394 e. The van der Waals surface area contributed by atoms with Crippen molar-refractivity contribution in [1.29, 1.82) is 0 Å². The number of pyridine rings is 1. The van der Waals surface area contributed by atoms with Crippen LogP contribution in [-0.4, -0.2) is 44.3 Å². The molecule has 1 aromatic heterocycles. The number of aliphatic hydroxyl groups excluding tert-OH is 1. The van der Waals surface area contributed by atoms with Crippen molar-refractivity contribution in [3.8, 4) is 0 Å². The second kappa shape index (κ2) is 7.46. The number of aryl methyl sites for hydroxylation is 1. The Morgan fingerprint density at radius 3 is 2.58 bits per heavy atom. The second-order valence-electron chi connectivity index (χ2n) is 9.69. The standard InChI is InChI=1S/C24H28ClN3O2S/c25-17-4-2-15(3-5-17)16-10-18-12-19(11-16)28(18)22-13-21(27-24(14-29)7-1-8-24)23-20(26-22)6-9-31(23)30/h2-5,13,16,18-19,29H,1,6-12,14H2,(H,26,27). The van der Waals surface area contributed by atoms with Crippen LogP contribution in [0.1, 0.15) is 55.7 Å². The van der Waals surface area contributed by atoms with E-state index in [9.17, 15) is 9.32 Å². The van der Waals surface area contributed by atoms with Gasteiger partial charge in [-0.15, -0.1) is 0 Å². The molecule has 164 valence electrons. The summed E-state index contributed by atoms with van der Waals surface area (Å²) >= 11 is 6.07. The summed E-state index contributed by atoms with van der Waals surface area (Å²) in [4.78, 5) is 8.35. The van der Waals surface area contributed by atoms with Crippen LogP contribution in [0.25, 0.3) is 0 Å². The number of aromatic nitrogens is 1. The van der Waals surface area contributed by atoms with Gasteiger partial charge >= 0.3 is 0 Å². The Bertz CT molecular complexity index is 1020. The Morgan fingerprint density at radius 1 is 1.19 bits per heavy atom. The van der Waals surface area contributed by atoms with E-state index in [0.29, 0.717) is 23.8 Å². The highest BCUT2D eigenvalue weighted by Crippen LogP contribution is 2.49. The summed E-state index contributed by atoms with van der Waals surface area (Å²) < 4.78 is 12.7. The summed E-state index contributed by atoms with van der Waals surface area (Å²) in [5, 5.41) is 14.4. The molecule has 2 aromatic rings. The van der Waals surface area contributed by atoms with Crippen LogP contribution >= 0.6 is 11.6 Å². The molecule has 2 bridgehead atoms. The van der Waals surface area contributed by atoms with Crippen LogP contribution in [0.2, 0.25) is 5.02 Å². The molecule has 2 saturated carbocycles. The van der Waals surface area contributed by atoms with Crippen LogP contribution in [0.5, 0.6) is 0 Å². The highest BCUT2D eigenvalue weighted by molar-refractivity contribution is 7.85. The molecule has 7 heteroatoms. The van der Waals surface area contributed by atoms with Gasteiger partial charge in [-0.2, -0.15) is 0 Å². The third-order valence-electron chi connectivity index (χ3n) is 7.84. The maximum absolute atomic E-state index is 12.7. The Morgan fingerprint density at radius 2 is 1.94 bits per heavy atom. The number of hydrogen-bond donors (Lipinski definition) is 2. The number of benzene rings is 1. The van der Waals surface area contributed by atoms with E-state index in [0.717, 1.165) is 65.6 Å². The van der Waals surface area contributed by atoms with Gasteiger partial charge in [0, 0.05) is 35.3 Å². The van der Waals surface area contributed by atoms with Gasteiger partial charge in [-0.3, -0.25) is 4.21 Å². The SMILES string of the molecule is O=S1CCc2nc(N3C4CC(c5ccc(Cl)cc5)CC3C4)cc(NC3(CO)CCC3)c21. The number of nitrogens with zero attached hydrogens (tertiary/aromatic N) is 2. The molecule has 31 heavy (non-hydrogen) atoms. The lowest BCUT2D eigenvalue weighted by Gasteiger charge is -2.56. The summed E-state index contributed by atoms with van der Waals surface area (Å²) in [7, 11) is -1.00. The van der Waals surface area contributed by atoms with Gasteiger partial charge in [0.15, 0.2) is 0 Å². The van der Waals surface area contributed by atoms with Crippen molar-refractivity contribution in [1.82, 2.24) is 4.98 Å². The Labute approximate surface area is 190 Å². The predicted octanol–water partition coefficient (Wildman–Crippen LogP) is 4.25. The van der Waals surface area contributed by atoms with Crippen molar-refractivity contribution in [2.75, 3.05) is 22.6 Å². The van der Waals surface area contributed by atoms with Crippen molar-refractivity contribution >= 4 is 33.9 Å². The van der Waals surface area contributed by atoms with Gasteiger partial charge < -0.3 is 15.3 Å². The van der Waals surface area contributed by atoms with Crippen LogP contribution < -0.4 is 10.2 Å². The topological polar surface area (TPSA) is 65.5 Å². The zero-order valence-electron chi connectivity index (χ0n) is 17.5. The van der Waals surface area contributed by atoms with Crippen LogP contribution in [0.15, 0.2) is 35.2 Å². The van der Waals surface area contributed by atoms with E-state index in [2.05, 4.69) is 28.4 Å². The zero-order valence-corrected chi connectivity index (χ0v) is 19.1. The molecule has 0 amide bonds. The fraction of sp³-hybridized carbons (Fsp3) is 0.542. The van der Waals surface area contributed by atoms with Gasteiger partial charge in [0.05, 0.1) is 39.2 Å². The average molecular weight is 458 g/mol. The number of halogens is 1. The number of fused-ring (bicyclic) bond motifs is 3. The van der Waals surface area contributed by atoms with E-state index >= 15 is 0 Å². The molecule has 4 fully saturated rings. The summed E-state index contributed by atoms with van der Waals surface area (Å²) in [6.45, 7) is 0.115. The number of nitrogens with one attached hydrogen (secondary N) is 1. The molecule has 3 atom stereocenters. The molecule has 7 rings (SSSR count). The first kappa shape index (κ1) is 20.0. The van der Waals surface area contributed by atoms with E-state index in [1.54, 1.807) is 0 Å². The van der Waals surface area contributed by atoms with E-state index in [1.807, 2.05) is 12.1 Å². The molecule has 3 unspecified atom stereocenters. The monoisotopic (exact) mass is 457 g/mol. The van der Waals surface area contributed by atoms with E-state index in [-0.39, 0.29) is 12.1 Å². The van der Waals surface area contributed by atoms with E-state index in [4.69, 9.17) is 16.6 Å². The molecule has 2 aliphatic carbocycles. The summed E-state index contributed by atoms with van der Waals surface area (Å²) in [5.41, 5.74) is 3.03. The van der Waals surface area contributed by atoms with Gasteiger partial charge in [-0.05, 0) is 62.1 Å². The van der Waals surface area contributed by atoms with Gasteiger partial charge in [0.2, 0.25) is 0 Å². The second-order valence-corrected chi connectivity index (χ2v) is 11.6. The maximum Gasteiger partial charge on any atom is 0.131 e. The molecule has 5 aliphatic rings. The first-order chi connectivity index (χ1) is 15.0. The molecular formula is C24H28ClN3O2S. The first-order valence-electron chi connectivity index (χ1n) is 11.4. The minimum atomic E-state index is -1.00. The molecule has 3 aliphatic heterocycles. The van der Waals surface area contributed by atoms with Crippen LogP contribution in [0.3, 0.4) is 0 Å². The molecule has 2 saturated heterocycles. The van der Waals surface area contributed by atoms with Gasteiger partial charge in [-0.1, -0.05) is 23.7 Å². The smallest absolute Gasteiger partial charge is 0.131 e. The van der Waals surface area contributed by atoms with Crippen molar-refractivity contribution in [2.24, 2.45) is 0 Å². The fourth-order valence-corrected chi connectivity index (χ4v) is 7.45. The predicted molar refractivity (Wildman–Crippen MR) is 125 cm³/mol. The zero-order chi connectivity index (χ0) is 21.2. The summed E-state index contributed by atoms with van der Waals surface area (Å²) in [6.07, 6.45) is 7.30. The summed E-state index contributed by atoms with van der Waals surface area (Å²) in [6, 6.07) is 11.4. The molecule has 1 aromatic carbocycles. The Kier molecular flexibility index (Phi) is 4.82. The van der Waals surface area contributed by atoms with Crippen LogP contribution in [0, 0.1) is 0 Å². The highest BCUT2D eigenvalue weighted by atomic mass is 35.5. The Balaban J connectivity index is 1.28. The average Bonchev–Trinajstić information content (AvgIpc) is 3.12. The molecule has 0 spiro atoms. The lowest BCUT2D eigenvalue weighted by molar-refractivity contribution is 0.144. The number of anilines is 2. The quantitative estimate of drug-likeness (QED) is 0.702. The van der Waals surface area contributed by atoms with Crippen LogP contribution in [0.4, 0.5) is 11.5 Å². The van der Waals surface area contributed by atoms with Crippen molar-refractivity contribution in [3.63, 3.8) is 0 Å². The Hall–Kier alpha value is -1.63. The first-order valence-corrected chi connectivity index (χ1v) is 13.1. The van der Waals surface area contributed by atoms with Crippen molar-refractivity contribution in [3.05, 3.63) is 46.6 Å². The maximum atomic E-state index is 12.7. The van der Waals surface area contributed by atoms with Gasteiger partial charge in [-0.25, -0.2) is 4.98 Å². The van der Waals surface area contributed by atoms with Crippen LogP contribution in [-0.2, 0) is 17.2 Å². The lowest BCUT2D eigenvalue weighted by Crippen LogP contribution is -2.61. The van der Waals surface area contributed by atoms with E-state index in [1.165, 1.54) is 12.0 Å². The number of hydrogen-bond acceptors (Lipinski definition) is 5. The molecule has 5 nitrogen and oxygen atoms in total. The van der Waals surface area contributed by atoms with E-state index < -0.39 is 10.8 Å². The molecule has 2 N–H and O–H groups in total. The number of rotatable bonds is 5. The number of aliphatic hydroxyl groups is 1. The minimum absolute atomic E-state index is 0.115.